The number of ether oxygens (including phenoxy) is 1. The fourth-order valence-corrected chi connectivity index (χ4v) is 3.61. The van der Waals surface area contributed by atoms with Crippen LogP contribution in [0, 0.1) is 13.8 Å². The lowest BCUT2D eigenvalue weighted by atomic mass is 10.2. The highest BCUT2D eigenvalue weighted by Gasteiger charge is 2.12. The highest BCUT2D eigenvalue weighted by molar-refractivity contribution is 5.66. The van der Waals surface area contributed by atoms with E-state index in [1.165, 1.54) is 18.5 Å². The Morgan fingerprint density at radius 3 is 2.38 bits per heavy atom. The number of hydrogen-bond acceptors (Lipinski definition) is 6. The maximum Gasteiger partial charge on any atom is 0.229 e. The molecule has 3 aromatic rings. The zero-order valence-electron chi connectivity index (χ0n) is 17.2. The van der Waals surface area contributed by atoms with E-state index < -0.39 is 0 Å². The molecular formula is C23H27N5O. The third-order valence-electron chi connectivity index (χ3n) is 5.07. The van der Waals surface area contributed by atoms with Gasteiger partial charge in [0.05, 0.1) is 12.8 Å². The van der Waals surface area contributed by atoms with E-state index >= 15 is 0 Å². The van der Waals surface area contributed by atoms with Gasteiger partial charge in [0.2, 0.25) is 5.95 Å². The minimum atomic E-state index is 0.532. The molecule has 1 aliphatic rings. The summed E-state index contributed by atoms with van der Waals surface area (Å²) in [7, 11) is 1.66. The first kappa shape index (κ1) is 19.1. The van der Waals surface area contributed by atoms with Crippen molar-refractivity contribution in [2.45, 2.75) is 26.7 Å². The first-order valence-corrected chi connectivity index (χ1v) is 10.00. The molecule has 0 amide bonds. The molecule has 1 fully saturated rings. The molecule has 0 saturated carbocycles. The van der Waals surface area contributed by atoms with Crippen molar-refractivity contribution in [2.75, 3.05) is 35.7 Å². The fraction of sp³-hybridized carbons (Fsp3) is 0.304. The van der Waals surface area contributed by atoms with E-state index in [0.717, 1.165) is 47.3 Å². The molecule has 1 aromatic heterocycles. The second-order valence-electron chi connectivity index (χ2n) is 7.41. The molecule has 2 aromatic carbocycles. The summed E-state index contributed by atoms with van der Waals surface area (Å²) >= 11 is 0. The molecule has 2 heterocycles. The van der Waals surface area contributed by atoms with E-state index in [4.69, 9.17) is 4.74 Å². The van der Waals surface area contributed by atoms with Crippen molar-refractivity contribution in [3.05, 3.63) is 59.8 Å². The lowest BCUT2D eigenvalue weighted by Crippen LogP contribution is -2.17. The smallest absolute Gasteiger partial charge is 0.229 e. The van der Waals surface area contributed by atoms with Gasteiger partial charge >= 0.3 is 0 Å². The molecule has 29 heavy (non-hydrogen) atoms. The van der Waals surface area contributed by atoms with Gasteiger partial charge in [-0.3, -0.25) is 0 Å². The SMILES string of the molecule is COc1ccc(C)cc1Nc1nc(C)cc(Nc2ccc(N3CCCC3)cc2)n1. The van der Waals surface area contributed by atoms with E-state index in [2.05, 4.69) is 49.8 Å². The van der Waals surface area contributed by atoms with Crippen LogP contribution in [0.4, 0.5) is 28.8 Å². The van der Waals surface area contributed by atoms with Crippen molar-refractivity contribution in [2.24, 2.45) is 0 Å². The summed E-state index contributed by atoms with van der Waals surface area (Å²) in [5.41, 5.74) is 5.15. The molecule has 0 bridgehead atoms. The van der Waals surface area contributed by atoms with Crippen molar-refractivity contribution in [1.29, 1.82) is 0 Å². The molecule has 0 atom stereocenters. The second-order valence-corrected chi connectivity index (χ2v) is 7.41. The number of nitrogens with zero attached hydrogens (tertiary/aromatic N) is 3. The van der Waals surface area contributed by atoms with E-state index in [0.29, 0.717) is 5.95 Å². The van der Waals surface area contributed by atoms with Crippen LogP contribution in [0.2, 0.25) is 0 Å². The van der Waals surface area contributed by atoms with Crippen LogP contribution in [0.15, 0.2) is 48.5 Å². The third kappa shape index (κ3) is 4.59. The van der Waals surface area contributed by atoms with E-state index in [1.807, 2.05) is 38.1 Å². The monoisotopic (exact) mass is 389 g/mol. The molecule has 150 valence electrons. The molecule has 0 aliphatic carbocycles. The van der Waals surface area contributed by atoms with Gasteiger partial charge in [0, 0.05) is 36.2 Å². The van der Waals surface area contributed by atoms with Crippen molar-refractivity contribution >= 4 is 28.8 Å². The van der Waals surface area contributed by atoms with Gasteiger partial charge in [-0.05, 0) is 68.7 Å². The topological polar surface area (TPSA) is 62.3 Å². The van der Waals surface area contributed by atoms with Crippen LogP contribution >= 0.6 is 0 Å². The van der Waals surface area contributed by atoms with Gasteiger partial charge in [-0.1, -0.05) is 6.07 Å². The summed E-state index contributed by atoms with van der Waals surface area (Å²) in [6.07, 6.45) is 2.56. The second kappa shape index (κ2) is 8.39. The maximum atomic E-state index is 5.44. The highest BCUT2D eigenvalue weighted by atomic mass is 16.5. The quantitative estimate of drug-likeness (QED) is 0.605. The Balaban J connectivity index is 1.52. The van der Waals surface area contributed by atoms with Crippen LogP contribution in [-0.2, 0) is 0 Å². The van der Waals surface area contributed by atoms with Gasteiger partial charge in [0.15, 0.2) is 0 Å². The Morgan fingerprint density at radius 2 is 1.66 bits per heavy atom. The van der Waals surface area contributed by atoms with E-state index in [9.17, 15) is 0 Å². The van der Waals surface area contributed by atoms with Crippen LogP contribution in [0.1, 0.15) is 24.1 Å². The Bertz CT molecular complexity index is 981. The largest absolute Gasteiger partial charge is 0.495 e. The van der Waals surface area contributed by atoms with Crippen molar-refractivity contribution < 1.29 is 4.74 Å². The average Bonchev–Trinajstić information content (AvgIpc) is 3.23. The average molecular weight is 390 g/mol. The number of methoxy groups -OCH3 is 1. The van der Waals surface area contributed by atoms with Crippen molar-refractivity contribution in [3.8, 4) is 5.75 Å². The summed E-state index contributed by atoms with van der Waals surface area (Å²) in [5, 5.41) is 6.67. The van der Waals surface area contributed by atoms with Crippen molar-refractivity contribution in [1.82, 2.24) is 9.97 Å². The van der Waals surface area contributed by atoms with Crippen LogP contribution in [-0.4, -0.2) is 30.2 Å². The molecule has 1 aliphatic heterocycles. The first-order chi connectivity index (χ1) is 14.1. The minimum Gasteiger partial charge on any atom is -0.495 e. The van der Waals surface area contributed by atoms with Gasteiger partial charge in [0.1, 0.15) is 11.6 Å². The zero-order valence-corrected chi connectivity index (χ0v) is 17.2. The number of nitrogens with one attached hydrogen (secondary N) is 2. The summed E-state index contributed by atoms with van der Waals surface area (Å²) in [4.78, 5) is 11.6. The molecule has 0 spiro atoms. The Morgan fingerprint density at radius 1 is 0.897 bits per heavy atom. The van der Waals surface area contributed by atoms with Crippen LogP contribution in [0.25, 0.3) is 0 Å². The number of anilines is 5. The van der Waals surface area contributed by atoms with Gasteiger partial charge in [0.25, 0.3) is 0 Å². The molecule has 1 saturated heterocycles. The molecular weight excluding hydrogens is 362 g/mol. The fourth-order valence-electron chi connectivity index (χ4n) is 3.61. The Labute approximate surface area is 172 Å². The molecule has 0 unspecified atom stereocenters. The number of aryl methyl sites for hydroxylation is 2. The number of benzene rings is 2. The summed E-state index contributed by atoms with van der Waals surface area (Å²) < 4.78 is 5.44. The minimum absolute atomic E-state index is 0.532. The summed E-state index contributed by atoms with van der Waals surface area (Å²) in [5.74, 6) is 2.04. The van der Waals surface area contributed by atoms with Gasteiger partial charge in [-0.2, -0.15) is 4.98 Å². The maximum absolute atomic E-state index is 5.44. The Kier molecular flexibility index (Phi) is 5.51. The molecule has 0 radical (unpaired) electrons. The van der Waals surface area contributed by atoms with Gasteiger partial charge < -0.3 is 20.3 Å². The normalized spacial score (nSPS) is 13.4. The van der Waals surface area contributed by atoms with Crippen molar-refractivity contribution in [3.63, 3.8) is 0 Å². The molecule has 6 heteroatoms. The molecule has 2 N–H and O–H groups in total. The van der Waals surface area contributed by atoms with Crippen LogP contribution < -0.4 is 20.3 Å². The van der Waals surface area contributed by atoms with E-state index in [1.54, 1.807) is 7.11 Å². The number of hydrogen-bond donors (Lipinski definition) is 2. The lowest BCUT2D eigenvalue weighted by molar-refractivity contribution is 0.416. The number of aromatic nitrogens is 2. The van der Waals surface area contributed by atoms with Gasteiger partial charge in [-0.15, -0.1) is 0 Å². The standard InChI is InChI=1S/C23H27N5O/c1-16-6-11-21(29-3)20(14-16)26-23-24-17(2)15-22(27-23)25-18-7-9-19(10-8-18)28-12-4-5-13-28/h6-11,14-15H,4-5,12-13H2,1-3H3,(H2,24,25,26,27). The summed E-state index contributed by atoms with van der Waals surface area (Å²) in [6, 6.07) is 16.4. The van der Waals surface area contributed by atoms with Crippen LogP contribution in [0.5, 0.6) is 5.75 Å². The van der Waals surface area contributed by atoms with E-state index in [-0.39, 0.29) is 0 Å². The first-order valence-electron chi connectivity index (χ1n) is 10.00. The third-order valence-corrected chi connectivity index (χ3v) is 5.07. The molecule has 4 rings (SSSR count). The zero-order chi connectivity index (χ0) is 20.2. The predicted molar refractivity (Wildman–Crippen MR) is 119 cm³/mol. The molecule has 6 nitrogen and oxygen atoms in total. The summed E-state index contributed by atoms with van der Waals surface area (Å²) in [6.45, 7) is 6.30. The number of rotatable bonds is 6. The van der Waals surface area contributed by atoms with Crippen LogP contribution in [0.3, 0.4) is 0 Å². The highest BCUT2D eigenvalue weighted by Crippen LogP contribution is 2.28. The predicted octanol–water partition coefficient (Wildman–Crippen LogP) is 5.19. The Hall–Kier alpha value is -3.28. The lowest BCUT2D eigenvalue weighted by Gasteiger charge is -2.18. The van der Waals surface area contributed by atoms with Gasteiger partial charge in [-0.25, -0.2) is 4.98 Å².